The highest BCUT2D eigenvalue weighted by atomic mass is 35.5. The molecule has 4 rings (SSSR count). The van der Waals surface area contributed by atoms with Crippen molar-refractivity contribution in [2.24, 2.45) is 5.14 Å². The van der Waals surface area contributed by atoms with Crippen LogP contribution >= 0.6 is 11.6 Å². The van der Waals surface area contributed by atoms with Crippen molar-refractivity contribution in [1.29, 1.82) is 0 Å². The molecule has 1 atom stereocenters. The van der Waals surface area contributed by atoms with Gasteiger partial charge < -0.3 is 5.32 Å². The summed E-state index contributed by atoms with van der Waals surface area (Å²) >= 11 is 6.07. The number of halogens is 1. The van der Waals surface area contributed by atoms with E-state index in [2.05, 4.69) is 15.0 Å². The van der Waals surface area contributed by atoms with Crippen molar-refractivity contribution in [3.05, 3.63) is 71.4 Å². The van der Waals surface area contributed by atoms with E-state index in [0.29, 0.717) is 23.4 Å². The summed E-state index contributed by atoms with van der Waals surface area (Å²) in [6.07, 6.45) is 4.54. The summed E-state index contributed by atoms with van der Waals surface area (Å²) < 4.78 is 52.5. The number of anilines is 1. The van der Waals surface area contributed by atoms with Gasteiger partial charge in [0, 0.05) is 34.4 Å². The molecule has 1 unspecified atom stereocenters. The Labute approximate surface area is 205 Å². The lowest BCUT2D eigenvalue weighted by Gasteiger charge is -2.30. The quantitative estimate of drug-likeness (QED) is 0.414. The lowest BCUT2D eigenvalue weighted by Crippen LogP contribution is -2.43. The smallest absolute Gasteiger partial charge is 0.217 e. The molecule has 1 aliphatic rings. The maximum absolute atomic E-state index is 12.8. The molecule has 34 heavy (non-hydrogen) atoms. The summed E-state index contributed by atoms with van der Waals surface area (Å²) in [4.78, 5) is 4.36. The molecule has 3 aromatic rings. The number of fused-ring (bicyclic) bond motifs is 1. The molecule has 1 heterocycles. The molecule has 182 valence electrons. The molecular formula is C23H27ClN4O4S2. The van der Waals surface area contributed by atoms with Gasteiger partial charge in [-0.3, -0.25) is 4.98 Å². The van der Waals surface area contributed by atoms with Crippen molar-refractivity contribution >= 4 is 48.2 Å². The minimum Gasteiger partial charge on any atom is -0.382 e. The Morgan fingerprint density at radius 3 is 2.32 bits per heavy atom. The standard InChI is InChI=1S/C23H27ClN4O4S2/c24-17-6-11-20-21(12-13-26-22(20)14-17)27-18-7-9-19(10-8-18)28-33(29,30)15-23(34(25,31)32)16-4-2-1-3-5-16/h1-6,11-14,18-19,23,28H,7-10,15H2,(H,26,27)(H2,25,31,32)/t18-,19+,23?. The van der Waals surface area contributed by atoms with Crippen molar-refractivity contribution in [2.75, 3.05) is 11.1 Å². The number of aromatic nitrogens is 1. The summed E-state index contributed by atoms with van der Waals surface area (Å²) in [7, 11) is -7.97. The zero-order valence-corrected chi connectivity index (χ0v) is 20.8. The fourth-order valence-corrected chi connectivity index (χ4v) is 7.80. The summed E-state index contributed by atoms with van der Waals surface area (Å²) in [5.41, 5.74) is 2.13. The first kappa shape index (κ1) is 24.9. The number of primary sulfonamides is 1. The number of benzene rings is 2. The average Bonchev–Trinajstić information content (AvgIpc) is 2.78. The van der Waals surface area contributed by atoms with Crippen LogP contribution in [0.2, 0.25) is 5.02 Å². The number of pyridine rings is 1. The van der Waals surface area contributed by atoms with Crippen LogP contribution in [0.15, 0.2) is 60.8 Å². The van der Waals surface area contributed by atoms with E-state index in [4.69, 9.17) is 16.7 Å². The third-order valence-electron chi connectivity index (χ3n) is 6.08. The largest absolute Gasteiger partial charge is 0.382 e. The number of nitrogens with two attached hydrogens (primary N) is 1. The van der Waals surface area contributed by atoms with Crippen molar-refractivity contribution in [3.63, 3.8) is 0 Å². The highest BCUT2D eigenvalue weighted by Gasteiger charge is 2.32. The van der Waals surface area contributed by atoms with E-state index in [9.17, 15) is 16.8 Å². The fourth-order valence-electron chi connectivity index (χ4n) is 4.37. The molecule has 0 spiro atoms. The van der Waals surface area contributed by atoms with E-state index in [-0.39, 0.29) is 12.1 Å². The predicted octanol–water partition coefficient (Wildman–Crippen LogP) is 3.56. The average molecular weight is 523 g/mol. The van der Waals surface area contributed by atoms with Crippen molar-refractivity contribution in [3.8, 4) is 0 Å². The van der Waals surface area contributed by atoms with Crippen LogP contribution in [0.5, 0.6) is 0 Å². The second-order valence-electron chi connectivity index (χ2n) is 8.60. The minimum atomic E-state index is -4.10. The Kier molecular flexibility index (Phi) is 7.44. The number of rotatable bonds is 8. The number of nitrogens with one attached hydrogen (secondary N) is 2. The topological polar surface area (TPSA) is 131 Å². The van der Waals surface area contributed by atoms with Gasteiger partial charge in [0.25, 0.3) is 0 Å². The Hall–Kier alpha value is -2.24. The SMILES string of the molecule is NS(=O)(=O)C(CS(=O)(=O)N[C@H]1CC[C@@H](Nc2ccnc3cc(Cl)ccc23)CC1)c1ccccc1. The van der Waals surface area contributed by atoms with Crippen LogP contribution in [-0.4, -0.2) is 39.7 Å². The first-order chi connectivity index (χ1) is 16.1. The van der Waals surface area contributed by atoms with Crippen molar-refractivity contribution in [1.82, 2.24) is 9.71 Å². The molecule has 0 bridgehead atoms. The third kappa shape index (κ3) is 6.25. The van der Waals surface area contributed by atoms with Gasteiger partial charge in [-0.2, -0.15) is 0 Å². The summed E-state index contributed by atoms with van der Waals surface area (Å²) in [6.45, 7) is 0. The minimum absolute atomic E-state index is 0.184. The van der Waals surface area contributed by atoms with Gasteiger partial charge in [-0.25, -0.2) is 26.7 Å². The van der Waals surface area contributed by atoms with Gasteiger partial charge in [-0.15, -0.1) is 0 Å². The van der Waals surface area contributed by atoms with Crippen LogP contribution in [0.25, 0.3) is 10.9 Å². The van der Waals surface area contributed by atoms with E-state index < -0.39 is 31.0 Å². The summed E-state index contributed by atoms with van der Waals surface area (Å²) in [6, 6.07) is 15.6. The van der Waals surface area contributed by atoms with Crippen LogP contribution in [-0.2, 0) is 20.0 Å². The fraction of sp³-hybridized carbons (Fsp3) is 0.348. The molecule has 0 aliphatic heterocycles. The monoisotopic (exact) mass is 522 g/mol. The van der Waals surface area contributed by atoms with Gasteiger partial charge in [-0.05, 0) is 55.5 Å². The van der Waals surface area contributed by atoms with Crippen molar-refractivity contribution in [2.45, 2.75) is 43.0 Å². The Morgan fingerprint density at radius 2 is 1.65 bits per heavy atom. The molecular weight excluding hydrogens is 496 g/mol. The molecule has 8 nitrogen and oxygen atoms in total. The molecule has 1 aliphatic carbocycles. The number of hydrogen-bond donors (Lipinski definition) is 3. The number of nitrogens with zero attached hydrogens (tertiary/aromatic N) is 1. The molecule has 0 radical (unpaired) electrons. The molecule has 1 fully saturated rings. The highest BCUT2D eigenvalue weighted by molar-refractivity contribution is 7.93. The third-order valence-corrected chi connectivity index (χ3v) is 9.22. The zero-order valence-electron chi connectivity index (χ0n) is 18.4. The van der Waals surface area contributed by atoms with Crippen molar-refractivity contribution < 1.29 is 16.8 Å². The first-order valence-electron chi connectivity index (χ1n) is 11.0. The Bertz CT molecular complexity index is 1360. The Morgan fingerprint density at radius 1 is 0.971 bits per heavy atom. The van der Waals surface area contributed by atoms with E-state index in [0.717, 1.165) is 29.4 Å². The normalized spacial score (nSPS) is 20.2. The van der Waals surface area contributed by atoms with Crippen LogP contribution < -0.4 is 15.2 Å². The maximum Gasteiger partial charge on any atom is 0.217 e. The van der Waals surface area contributed by atoms with E-state index in [1.165, 1.54) is 0 Å². The van der Waals surface area contributed by atoms with E-state index in [1.54, 1.807) is 36.5 Å². The second-order valence-corrected chi connectivity index (χ2v) is 12.6. The first-order valence-corrected chi connectivity index (χ1v) is 14.6. The molecule has 0 saturated heterocycles. The Balaban J connectivity index is 1.37. The molecule has 0 amide bonds. The van der Waals surface area contributed by atoms with Crippen LogP contribution in [0, 0.1) is 0 Å². The lowest BCUT2D eigenvalue weighted by molar-refractivity contribution is 0.387. The van der Waals surface area contributed by atoms with Gasteiger partial charge in [0.1, 0.15) is 5.25 Å². The van der Waals surface area contributed by atoms with E-state index in [1.807, 2.05) is 24.3 Å². The number of hydrogen-bond acceptors (Lipinski definition) is 6. The highest BCUT2D eigenvalue weighted by Crippen LogP contribution is 2.29. The molecule has 1 aromatic heterocycles. The molecule has 11 heteroatoms. The maximum atomic E-state index is 12.8. The van der Waals surface area contributed by atoms with Crippen LogP contribution in [0.3, 0.4) is 0 Å². The number of sulfonamides is 2. The van der Waals surface area contributed by atoms with Crippen LogP contribution in [0.1, 0.15) is 36.5 Å². The molecule has 2 aromatic carbocycles. The molecule has 4 N–H and O–H groups in total. The molecule has 1 saturated carbocycles. The summed E-state index contributed by atoms with van der Waals surface area (Å²) in [5.74, 6) is -0.612. The van der Waals surface area contributed by atoms with Gasteiger partial charge in [0.15, 0.2) is 0 Å². The van der Waals surface area contributed by atoms with E-state index >= 15 is 0 Å². The van der Waals surface area contributed by atoms with Gasteiger partial charge in [0.05, 0.1) is 11.3 Å². The van der Waals surface area contributed by atoms with Crippen LogP contribution in [0.4, 0.5) is 5.69 Å². The van der Waals surface area contributed by atoms with Gasteiger partial charge in [-0.1, -0.05) is 41.9 Å². The van der Waals surface area contributed by atoms with Gasteiger partial charge >= 0.3 is 0 Å². The van der Waals surface area contributed by atoms with Gasteiger partial charge in [0.2, 0.25) is 20.0 Å². The predicted molar refractivity (Wildman–Crippen MR) is 136 cm³/mol. The summed E-state index contributed by atoms with van der Waals surface area (Å²) in [5, 5.41) is 9.18. The lowest BCUT2D eigenvalue weighted by atomic mass is 9.91. The second kappa shape index (κ2) is 10.2. The zero-order chi connectivity index (χ0) is 24.3.